The highest BCUT2D eigenvalue weighted by atomic mass is 32.2. The molecule has 1 aromatic rings. The van der Waals surface area contributed by atoms with E-state index in [-0.39, 0.29) is 5.75 Å². The molecule has 5 heteroatoms. The average Bonchev–Trinajstić information content (AvgIpc) is 2.51. The highest BCUT2D eigenvalue weighted by molar-refractivity contribution is 7.91. The zero-order valence-corrected chi connectivity index (χ0v) is 11.3. The SMILES string of the molecule is CC(C)(C)OC(=O)C[S@+]([O-])Cc1cccs1. The Bertz CT molecular complexity index is 327. The second kappa shape index (κ2) is 5.70. The molecule has 0 aromatic carbocycles. The Morgan fingerprint density at radius 3 is 2.75 bits per heavy atom. The van der Waals surface area contributed by atoms with Crippen molar-refractivity contribution in [3.8, 4) is 0 Å². The van der Waals surface area contributed by atoms with Crippen molar-refractivity contribution in [2.75, 3.05) is 5.75 Å². The summed E-state index contributed by atoms with van der Waals surface area (Å²) in [6, 6.07) is 3.82. The van der Waals surface area contributed by atoms with Crippen LogP contribution in [0.2, 0.25) is 0 Å². The van der Waals surface area contributed by atoms with Gasteiger partial charge >= 0.3 is 5.97 Å². The zero-order chi connectivity index (χ0) is 12.2. The van der Waals surface area contributed by atoms with E-state index in [1.165, 1.54) is 0 Å². The first-order chi connectivity index (χ1) is 7.37. The van der Waals surface area contributed by atoms with Crippen molar-refractivity contribution in [1.82, 2.24) is 0 Å². The van der Waals surface area contributed by atoms with Gasteiger partial charge in [0, 0.05) is 0 Å². The van der Waals surface area contributed by atoms with Gasteiger partial charge in [-0.3, -0.25) is 0 Å². The number of hydrogen-bond donors (Lipinski definition) is 0. The quantitative estimate of drug-likeness (QED) is 0.616. The third-order valence-electron chi connectivity index (χ3n) is 1.58. The molecule has 0 spiro atoms. The van der Waals surface area contributed by atoms with E-state index in [9.17, 15) is 9.35 Å². The molecule has 0 saturated carbocycles. The minimum atomic E-state index is -1.18. The van der Waals surface area contributed by atoms with Crippen molar-refractivity contribution in [1.29, 1.82) is 0 Å². The Morgan fingerprint density at radius 1 is 1.56 bits per heavy atom. The van der Waals surface area contributed by atoms with Gasteiger partial charge in [0.2, 0.25) is 5.75 Å². The second-order valence-corrected chi connectivity index (χ2v) is 6.88. The van der Waals surface area contributed by atoms with Crippen LogP contribution in [0.5, 0.6) is 0 Å². The summed E-state index contributed by atoms with van der Waals surface area (Å²) in [4.78, 5) is 12.4. The molecule has 0 aliphatic rings. The first-order valence-electron chi connectivity index (χ1n) is 4.96. The van der Waals surface area contributed by atoms with Gasteiger partial charge in [0.15, 0.2) is 0 Å². The van der Waals surface area contributed by atoms with E-state index in [0.29, 0.717) is 5.75 Å². The van der Waals surface area contributed by atoms with E-state index >= 15 is 0 Å². The van der Waals surface area contributed by atoms with Crippen LogP contribution in [0, 0.1) is 0 Å². The topological polar surface area (TPSA) is 49.4 Å². The summed E-state index contributed by atoms with van der Waals surface area (Å²) in [5.41, 5.74) is -0.510. The van der Waals surface area contributed by atoms with Crippen LogP contribution in [0.25, 0.3) is 0 Å². The summed E-state index contributed by atoms with van der Waals surface area (Å²) >= 11 is 0.368. The van der Waals surface area contributed by atoms with Gasteiger partial charge in [0.25, 0.3) is 0 Å². The third kappa shape index (κ3) is 5.53. The van der Waals surface area contributed by atoms with Crippen molar-refractivity contribution in [3.05, 3.63) is 22.4 Å². The zero-order valence-electron chi connectivity index (χ0n) is 9.69. The van der Waals surface area contributed by atoms with E-state index in [4.69, 9.17) is 4.74 Å². The molecule has 1 atom stereocenters. The van der Waals surface area contributed by atoms with Crippen molar-refractivity contribution in [3.63, 3.8) is 0 Å². The van der Waals surface area contributed by atoms with Crippen LogP contribution in [0.15, 0.2) is 17.5 Å². The van der Waals surface area contributed by atoms with Gasteiger partial charge < -0.3 is 9.29 Å². The number of rotatable bonds is 4. The smallest absolute Gasteiger partial charge is 0.356 e. The summed E-state index contributed by atoms with van der Waals surface area (Å²) in [6.45, 7) is 5.40. The fraction of sp³-hybridized carbons (Fsp3) is 0.545. The van der Waals surface area contributed by atoms with Crippen molar-refractivity contribution in [2.24, 2.45) is 0 Å². The van der Waals surface area contributed by atoms with E-state index < -0.39 is 22.7 Å². The van der Waals surface area contributed by atoms with Crippen LogP contribution in [-0.4, -0.2) is 21.9 Å². The maximum atomic E-state index is 11.6. The molecule has 3 nitrogen and oxygen atoms in total. The normalized spacial score (nSPS) is 13.5. The molecule has 0 radical (unpaired) electrons. The number of thiophene rings is 1. The summed E-state index contributed by atoms with van der Waals surface area (Å²) in [7, 11) is 0. The largest absolute Gasteiger partial charge is 0.616 e. The van der Waals surface area contributed by atoms with Crippen LogP contribution in [0.1, 0.15) is 25.6 Å². The lowest BCUT2D eigenvalue weighted by Crippen LogP contribution is -2.28. The number of esters is 1. The molecule has 0 unspecified atom stereocenters. The predicted octanol–water partition coefficient (Wildman–Crippen LogP) is 2.34. The fourth-order valence-electron chi connectivity index (χ4n) is 1.11. The van der Waals surface area contributed by atoms with Gasteiger partial charge in [-0.05, 0) is 43.4 Å². The number of hydrogen-bond acceptors (Lipinski definition) is 4. The number of ether oxygens (including phenoxy) is 1. The minimum absolute atomic E-state index is 0.0326. The summed E-state index contributed by atoms with van der Waals surface area (Å²) in [6.07, 6.45) is 0. The molecule has 0 amide bonds. The Kier molecular flexibility index (Phi) is 4.83. The average molecular weight is 260 g/mol. The first kappa shape index (κ1) is 13.5. The second-order valence-electron chi connectivity index (χ2n) is 4.39. The molecule has 0 aliphatic heterocycles. The van der Waals surface area contributed by atoms with Crippen LogP contribution >= 0.6 is 11.3 Å². The lowest BCUT2D eigenvalue weighted by Gasteiger charge is -2.19. The van der Waals surface area contributed by atoms with E-state index in [2.05, 4.69) is 0 Å². The van der Waals surface area contributed by atoms with E-state index in [1.54, 1.807) is 32.1 Å². The van der Waals surface area contributed by atoms with Crippen LogP contribution in [-0.2, 0) is 26.5 Å². The molecule has 1 aromatic heterocycles. The molecule has 1 rings (SSSR count). The number of carbonyl (C=O) groups is 1. The summed E-state index contributed by atoms with van der Waals surface area (Å²) in [5.74, 6) is -0.00565. The molecule has 16 heavy (non-hydrogen) atoms. The van der Waals surface area contributed by atoms with Crippen LogP contribution < -0.4 is 0 Å². The molecule has 0 aliphatic carbocycles. The molecule has 0 bridgehead atoms. The van der Waals surface area contributed by atoms with Gasteiger partial charge in [-0.15, -0.1) is 11.3 Å². The highest BCUT2D eigenvalue weighted by Crippen LogP contribution is 2.14. The highest BCUT2D eigenvalue weighted by Gasteiger charge is 2.21. The fourth-order valence-corrected chi connectivity index (χ4v) is 3.10. The monoisotopic (exact) mass is 260 g/mol. The third-order valence-corrected chi connectivity index (χ3v) is 3.83. The molecular formula is C11H16O3S2. The maximum Gasteiger partial charge on any atom is 0.356 e. The Morgan fingerprint density at radius 2 is 2.25 bits per heavy atom. The van der Waals surface area contributed by atoms with Gasteiger partial charge in [-0.1, -0.05) is 6.07 Å². The summed E-state index contributed by atoms with van der Waals surface area (Å²) < 4.78 is 16.7. The molecule has 90 valence electrons. The standard InChI is InChI=1S/C11H16O3S2/c1-11(2,3)14-10(12)8-16(13)7-9-5-4-6-15-9/h4-6H,7-8H2,1-3H3/t16-/m1/s1. The molecule has 0 fully saturated rings. The predicted molar refractivity (Wildman–Crippen MR) is 66.9 cm³/mol. The minimum Gasteiger partial charge on any atom is -0.616 e. The van der Waals surface area contributed by atoms with Gasteiger partial charge in [-0.25, -0.2) is 4.79 Å². The van der Waals surface area contributed by atoms with Crippen molar-refractivity contribution in [2.45, 2.75) is 32.1 Å². The van der Waals surface area contributed by atoms with Crippen LogP contribution in [0.4, 0.5) is 0 Å². The van der Waals surface area contributed by atoms with Crippen LogP contribution in [0.3, 0.4) is 0 Å². The lowest BCUT2D eigenvalue weighted by atomic mass is 10.2. The van der Waals surface area contributed by atoms with Crippen molar-refractivity contribution < 1.29 is 14.1 Å². The molecular weight excluding hydrogens is 244 g/mol. The number of carbonyl (C=O) groups excluding carboxylic acids is 1. The first-order valence-corrected chi connectivity index (χ1v) is 7.33. The Hall–Kier alpha value is -0.520. The van der Waals surface area contributed by atoms with Crippen molar-refractivity contribution >= 4 is 28.5 Å². The Labute approximate surface area is 103 Å². The summed E-state index contributed by atoms with van der Waals surface area (Å²) in [5, 5.41) is 1.93. The van der Waals surface area contributed by atoms with Gasteiger partial charge in [-0.2, -0.15) is 0 Å². The van der Waals surface area contributed by atoms with Gasteiger partial charge in [0.05, 0.1) is 4.88 Å². The maximum absolute atomic E-state index is 11.6. The lowest BCUT2D eigenvalue weighted by molar-refractivity contribution is -0.151. The van der Waals surface area contributed by atoms with E-state index in [1.807, 2.05) is 17.5 Å². The Balaban J connectivity index is 2.34. The van der Waals surface area contributed by atoms with E-state index in [0.717, 1.165) is 4.88 Å². The molecule has 0 N–H and O–H groups in total. The van der Waals surface area contributed by atoms with Gasteiger partial charge in [0.1, 0.15) is 11.4 Å². The molecule has 0 saturated heterocycles. The molecule has 1 heterocycles.